The maximum Gasteiger partial charge on any atom is 0.326 e. The van der Waals surface area contributed by atoms with Crippen molar-refractivity contribution >= 4 is 11.7 Å². The number of fused-ring (bicyclic) bond motifs is 1. The number of carboxylic acids is 1. The number of aryl methyl sites for hydroxylation is 1. The number of hydrogen-bond donors (Lipinski definition) is 1. The molecule has 2 rings (SSSR count). The van der Waals surface area contributed by atoms with Crippen molar-refractivity contribution < 1.29 is 9.90 Å². The minimum absolute atomic E-state index is 0.141. The minimum atomic E-state index is -0.768. The predicted molar refractivity (Wildman–Crippen MR) is 77.9 cm³/mol. The highest BCUT2D eigenvalue weighted by Crippen LogP contribution is 2.44. The van der Waals surface area contributed by atoms with Crippen LogP contribution >= 0.6 is 0 Å². The third kappa shape index (κ3) is 2.34. The van der Waals surface area contributed by atoms with E-state index >= 15 is 0 Å². The normalized spacial score (nSPS) is 22.8. The number of carboxylic acid groups (broad SMARTS) is 1. The molecule has 0 aliphatic carbocycles. The van der Waals surface area contributed by atoms with Gasteiger partial charge in [0.1, 0.15) is 6.04 Å². The molecule has 0 fully saturated rings. The summed E-state index contributed by atoms with van der Waals surface area (Å²) in [6.45, 7) is 10.3. The number of rotatable bonds is 2. The van der Waals surface area contributed by atoms with Crippen LogP contribution in [-0.4, -0.2) is 22.7 Å². The first-order chi connectivity index (χ1) is 8.74. The van der Waals surface area contributed by atoms with Gasteiger partial charge < -0.3 is 10.0 Å². The molecule has 1 aliphatic rings. The van der Waals surface area contributed by atoms with E-state index in [2.05, 4.69) is 50.8 Å². The summed E-state index contributed by atoms with van der Waals surface area (Å²) in [5.41, 5.74) is 3.38. The maximum absolute atomic E-state index is 11.4. The molecule has 0 aromatic heterocycles. The third-order valence-corrected chi connectivity index (χ3v) is 4.18. The van der Waals surface area contributed by atoms with Crippen LogP contribution in [0.25, 0.3) is 0 Å². The summed E-state index contributed by atoms with van der Waals surface area (Å²) in [5.74, 6) is -0.307. The Hall–Kier alpha value is -1.51. The Bertz CT molecular complexity index is 507. The molecule has 1 aromatic rings. The average molecular weight is 261 g/mol. The van der Waals surface area contributed by atoms with Crippen molar-refractivity contribution in [1.82, 2.24) is 0 Å². The first-order valence-electron chi connectivity index (χ1n) is 6.87. The highest BCUT2D eigenvalue weighted by atomic mass is 16.4. The van der Waals surface area contributed by atoms with Crippen molar-refractivity contribution in [1.29, 1.82) is 0 Å². The molecular formula is C16H23NO2. The zero-order valence-corrected chi connectivity index (χ0v) is 12.4. The molecule has 1 aromatic carbocycles. The molecule has 3 nitrogen and oxygen atoms in total. The van der Waals surface area contributed by atoms with Crippen molar-refractivity contribution in [2.24, 2.45) is 0 Å². The lowest BCUT2D eigenvalue weighted by atomic mass is 9.79. The monoisotopic (exact) mass is 261 g/mol. The van der Waals surface area contributed by atoms with Crippen LogP contribution in [0, 0.1) is 6.92 Å². The van der Waals surface area contributed by atoms with Crippen molar-refractivity contribution in [3.05, 3.63) is 29.3 Å². The summed E-state index contributed by atoms with van der Waals surface area (Å²) in [4.78, 5) is 13.5. The van der Waals surface area contributed by atoms with Gasteiger partial charge in [-0.2, -0.15) is 0 Å². The first kappa shape index (κ1) is 13.9. The molecule has 19 heavy (non-hydrogen) atoms. The van der Waals surface area contributed by atoms with Gasteiger partial charge in [-0.1, -0.05) is 19.1 Å². The second-order valence-corrected chi connectivity index (χ2v) is 6.36. The number of aliphatic carboxylic acids is 1. The van der Waals surface area contributed by atoms with Crippen molar-refractivity contribution in [2.75, 3.05) is 4.90 Å². The molecule has 3 heteroatoms. The second kappa shape index (κ2) is 4.55. The molecule has 0 spiro atoms. The average Bonchev–Trinajstić information content (AvgIpc) is 2.26. The Balaban J connectivity index is 2.60. The van der Waals surface area contributed by atoms with Gasteiger partial charge in [-0.05, 0) is 57.2 Å². The molecule has 1 N–H and O–H groups in total. The Morgan fingerprint density at radius 2 is 2.11 bits per heavy atom. The topological polar surface area (TPSA) is 40.5 Å². The SMILES string of the molecule is Cc1ccc2c(c1)N([C@H](C)C(=O)O)C(C)(C)C[C@H]2C. The fourth-order valence-electron chi connectivity index (χ4n) is 3.41. The Kier molecular flexibility index (Phi) is 3.33. The molecule has 0 saturated heterocycles. The number of anilines is 1. The number of nitrogens with zero attached hydrogens (tertiary/aromatic N) is 1. The highest BCUT2D eigenvalue weighted by molar-refractivity contribution is 5.79. The fourth-order valence-corrected chi connectivity index (χ4v) is 3.41. The molecule has 0 unspecified atom stereocenters. The van der Waals surface area contributed by atoms with Crippen LogP contribution in [0.2, 0.25) is 0 Å². The Morgan fingerprint density at radius 3 is 2.68 bits per heavy atom. The zero-order valence-electron chi connectivity index (χ0n) is 12.4. The van der Waals surface area contributed by atoms with E-state index in [1.807, 2.05) is 0 Å². The highest BCUT2D eigenvalue weighted by Gasteiger charge is 2.40. The molecule has 0 saturated carbocycles. The van der Waals surface area contributed by atoms with Gasteiger partial charge in [-0.25, -0.2) is 4.79 Å². The summed E-state index contributed by atoms with van der Waals surface area (Å²) < 4.78 is 0. The summed E-state index contributed by atoms with van der Waals surface area (Å²) >= 11 is 0. The zero-order chi connectivity index (χ0) is 14.4. The number of hydrogen-bond acceptors (Lipinski definition) is 2. The summed E-state index contributed by atoms with van der Waals surface area (Å²) in [7, 11) is 0. The maximum atomic E-state index is 11.4. The lowest BCUT2D eigenvalue weighted by Crippen LogP contribution is -2.55. The van der Waals surface area contributed by atoms with Crippen LogP contribution in [-0.2, 0) is 4.79 Å². The van der Waals surface area contributed by atoms with E-state index in [0.29, 0.717) is 5.92 Å². The third-order valence-electron chi connectivity index (χ3n) is 4.18. The van der Waals surface area contributed by atoms with E-state index in [0.717, 1.165) is 12.1 Å². The Morgan fingerprint density at radius 1 is 1.47 bits per heavy atom. The van der Waals surface area contributed by atoms with Crippen LogP contribution in [0.3, 0.4) is 0 Å². The molecule has 0 radical (unpaired) electrons. The smallest absolute Gasteiger partial charge is 0.326 e. The van der Waals surface area contributed by atoms with Crippen LogP contribution in [0.15, 0.2) is 18.2 Å². The molecule has 1 aliphatic heterocycles. The molecule has 1 heterocycles. The second-order valence-electron chi connectivity index (χ2n) is 6.36. The quantitative estimate of drug-likeness (QED) is 0.885. The van der Waals surface area contributed by atoms with Gasteiger partial charge in [0.05, 0.1) is 0 Å². The van der Waals surface area contributed by atoms with E-state index in [1.165, 1.54) is 11.1 Å². The molecular weight excluding hydrogens is 238 g/mol. The van der Waals surface area contributed by atoms with Gasteiger partial charge in [0.25, 0.3) is 0 Å². The largest absolute Gasteiger partial charge is 0.480 e. The van der Waals surface area contributed by atoms with Gasteiger partial charge in [0.2, 0.25) is 0 Å². The van der Waals surface area contributed by atoms with Gasteiger partial charge in [0.15, 0.2) is 0 Å². The molecule has 2 atom stereocenters. The van der Waals surface area contributed by atoms with Crippen LogP contribution < -0.4 is 4.90 Å². The number of benzene rings is 1. The van der Waals surface area contributed by atoms with Crippen molar-refractivity contribution in [3.8, 4) is 0 Å². The van der Waals surface area contributed by atoms with Crippen LogP contribution in [0.5, 0.6) is 0 Å². The first-order valence-corrected chi connectivity index (χ1v) is 6.87. The van der Waals surface area contributed by atoms with E-state index in [1.54, 1.807) is 6.92 Å². The molecule has 0 amide bonds. The Labute approximate surface area is 115 Å². The van der Waals surface area contributed by atoms with E-state index < -0.39 is 12.0 Å². The lowest BCUT2D eigenvalue weighted by Gasteiger charge is -2.49. The minimum Gasteiger partial charge on any atom is -0.480 e. The van der Waals surface area contributed by atoms with Gasteiger partial charge in [-0.15, -0.1) is 0 Å². The predicted octanol–water partition coefficient (Wildman–Crippen LogP) is 3.56. The van der Waals surface area contributed by atoms with Crippen molar-refractivity contribution in [3.63, 3.8) is 0 Å². The van der Waals surface area contributed by atoms with Crippen molar-refractivity contribution in [2.45, 2.75) is 58.5 Å². The van der Waals surface area contributed by atoms with Crippen LogP contribution in [0.1, 0.15) is 51.2 Å². The van der Waals surface area contributed by atoms with Gasteiger partial charge in [-0.3, -0.25) is 0 Å². The van der Waals surface area contributed by atoms with E-state index in [-0.39, 0.29) is 5.54 Å². The van der Waals surface area contributed by atoms with Crippen LogP contribution in [0.4, 0.5) is 5.69 Å². The summed E-state index contributed by atoms with van der Waals surface area (Å²) in [6.07, 6.45) is 0.973. The number of carbonyl (C=O) groups is 1. The molecule has 104 valence electrons. The van der Waals surface area contributed by atoms with E-state index in [4.69, 9.17) is 0 Å². The van der Waals surface area contributed by atoms with Gasteiger partial charge in [0, 0.05) is 11.2 Å². The van der Waals surface area contributed by atoms with Gasteiger partial charge >= 0.3 is 5.97 Å². The fraction of sp³-hybridized carbons (Fsp3) is 0.562. The molecule has 0 bridgehead atoms. The standard InChI is InChI=1S/C16H23NO2/c1-10-6-7-13-11(2)9-16(4,5)17(14(13)8-10)12(3)15(18)19/h6-8,11-12H,9H2,1-5H3,(H,18,19)/t11-,12-/m1/s1. The summed E-state index contributed by atoms with van der Waals surface area (Å²) in [6, 6.07) is 5.86. The lowest BCUT2D eigenvalue weighted by molar-refractivity contribution is -0.138. The van der Waals surface area contributed by atoms with E-state index in [9.17, 15) is 9.90 Å². The summed E-state index contributed by atoms with van der Waals surface area (Å²) in [5, 5.41) is 9.39.